The summed E-state index contributed by atoms with van der Waals surface area (Å²) >= 11 is 0. The second-order valence-electron chi connectivity index (χ2n) is 5.35. The molecule has 0 aromatic carbocycles. The van der Waals surface area contributed by atoms with E-state index in [0.29, 0.717) is 18.5 Å². The van der Waals surface area contributed by atoms with Gasteiger partial charge in [-0.1, -0.05) is 20.8 Å². The van der Waals surface area contributed by atoms with Crippen LogP contribution in [0.5, 0.6) is 0 Å². The molecule has 1 unspecified atom stereocenters. The zero-order valence-corrected chi connectivity index (χ0v) is 12.0. The lowest BCUT2D eigenvalue weighted by molar-refractivity contribution is -0.120. The van der Waals surface area contributed by atoms with Crippen LogP contribution < -0.4 is 11.1 Å². The van der Waals surface area contributed by atoms with Crippen LogP contribution in [0, 0.1) is 5.92 Å². The molecule has 1 amide bonds. The van der Waals surface area contributed by atoms with Gasteiger partial charge in [0.1, 0.15) is 0 Å². The van der Waals surface area contributed by atoms with E-state index in [4.69, 9.17) is 5.73 Å². The summed E-state index contributed by atoms with van der Waals surface area (Å²) in [5.41, 5.74) is 5.43. The van der Waals surface area contributed by atoms with Crippen LogP contribution >= 0.6 is 0 Å². The molecule has 17 heavy (non-hydrogen) atoms. The molecule has 0 spiro atoms. The third kappa shape index (κ3) is 7.34. The van der Waals surface area contributed by atoms with Crippen molar-refractivity contribution in [2.24, 2.45) is 11.7 Å². The predicted octanol–water partition coefficient (Wildman–Crippen LogP) is 1.21. The van der Waals surface area contributed by atoms with Gasteiger partial charge in [0.2, 0.25) is 5.91 Å². The number of carbonyl (C=O) groups is 1. The Kier molecular flexibility index (Phi) is 8.17. The predicted molar refractivity (Wildman–Crippen MR) is 72.8 cm³/mol. The summed E-state index contributed by atoms with van der Waals surface area (Å²) in [5, 5.41) is 3.21. The Morgan fingerprint density at radius 3 is 2.18 bits per heavy atom. The molecule has 0 aliphatic heterocycles. The van der Waals surface area contributed by atoms with Gasteiger partial charge in [-0.25, -0.2) is 0 Å². The van der Waals surface area contributed by atoms with Crippen molar-refractivity contribution in [3.8, 4) is 0 Å². The van der Waals surface area contributed by atoms with Crippen molar-refractivity contribution in [1.82, 2.24) is 10.2 Å². The monoisotopic (exact) mass is 243 g/mol. The normalized spacial score (nSPS) is 13.6. The highest BCUT2D eigenvalue weighted by atomic mass is 16.1. The maximum absolute atomic E-state index is 11.4. The summed E-state index contributed by atoms with van der Waals surface area (Å²) in [6.45, 7) is 13.3. The third-order valence-electron chi connectivity index (χ3n) is 2.73. The largest absolute Gasteiger partial charge is 0.368 e. The molecule has 0 radical (unpaired) electrons. The second-order valence-corrected chi connectivity index (χ2v) is 5.35. The summed E-state index contributed by atoms with van der Waals surface area (Å²) in [4.78, 5) is 13.7. The van der Waals surface area contributed by atoms with E-state index < -0.39 is 0 Å². The molecule has 0 bridgehead atoms. The minimum Gasteiger partial charge on any atom is -0.368 e. The molecule has 0 heterocycles. The first-order chi connectivity index (χ1) is 7.88. The molecule has 0 saturated heterocycles. The van der Waals surface area contributed by atoms with E-state index in [9.17, 15) is 4.79 Å². The molecule has 0 aliphatic carbocycles. The summed E-state index contributed by atoms with van der Waals surface area (Å²) in [6.07, 6.45) is 1.01. The first-order valence-electron chi connectivity index (χ1n) is 6.65. The molecular weight excluding hydrogens is 214 g/mol. The minimum absolute atomic E-state index is 0.240. The quantitative estimate of drug-likeness (QED) is 0.640. The number of carbonyl (C=O) groups excluding carboxylic acids is 1. The fourth-order valence-corrected chi connectivity index (χ4v) is 1.77. The van der Waals surface area contributed by atoms with Crippen LogP contribution in [-0.4, -0.2) is 42.5 Å². The van der Waals surface area contributed by atoms with Crippen molar-refractivity contribution in [2.75, 3.05) is 19.6 Å². The van der Waals surface area contributed by atoms with Crippen molar-refractivity contribution >= 4 is 5.91 Å². The standard InChI is InChI=1S/C13H29N3O/c1-6-7-15-12(13(14)17)9-16(11(4)5)8-10(2)3/h10-12,15H,6-9H2,1-5H3,(H2,14,17). The van der Waals surface area contributed by atoms with Gasteiger partial charge in [0.25, 0.3) is 0 Å². The van der Waals surface area contributed by atoms with Gasteiger partial charge < -0.3 is 11.1 Å². The summed E-state index contributed by atoms with van der Waals surface area (Å²) < 4.78 is 0. The molecule has 0 fully saturated rings. The smallest absolute Gasteiger partial charge is 0.235 e. The fourth-order valence-electron chi connectivity index (χ4n) is 1.77. The molecular formula is C13H29N3O. The Labute approximate surface area is 106 Å². The second kappa shape index (κ2) is 8.48. The van der Waals surface area contributed by atoms with Crippen molar-refractivity contribution < 1.29 is 4.79 Å². The van der Waals surface area contributed by atoms with Gasteiger partial charge >= 0.3 is 0 Å². The fraction of sp³-hybridized carbons (Fsp3) is 0.923. The van der Waals surface area contributed by atoms with Gasteiger partial charge in [0.05, 0.1) is 6.04 Å². The maximum Gasteiger partial charge on any atom is 0.235 e. The van der Waals surface area contributed by atoms with Crippen LogP contribution in [0.1, 0.15) is 41.0 Å². The van der Waals surface area contributed by atoms with E-state index in [0.717, 1.165) is 19.5 Å². The first kappa shape index (κ1) is 16.4. The topological polar surface area (TPSA) is 58.4 Å². The molecule has 1 atom stereocenters. The van der Waals surface area contributed by atoms with Gasteiger partial charge in [-0.3, -0.25) is 9.69 Å². The number of primary amides is 1. The number of amides is 1. The molecule has 4 heteroatoms. The van der Waals surface area contributed by atoms with Crippen LogP contribution in [-0.2, 0) is 4.79 Å². The highest BCUT2D eigenvalue weighted by Crippen LogP contribution is 2.05. The lowest BCUT2D eigenvalue weighted by Crippen LogP contribution is -2.51. The zero-order chi connectivity index (χ0) is 13.4. The summed E-state index contributed by atoms with van der Waals surface area (Å²) in [5.74, 6) is 0.338. The third-order valence-corrected chi connectivity index (χ3v) is 2.73. The van der Waals surface area contributed by atoms with Gasteiger partial charge in [-0.15, -0.1) is 0 Å². The summed E-state index contributed by atoms with van der Waals surface area (Å²) in [6, 6.07) is 0.193. The van der Waals surface area contributed by atoms with Crippen LogP contribution in [0.25, 0.3) is 0 Å². The van der Waals surface area contributed by atoms with Gasteiger partial charge in [-0.2, -0.15) is 0 Å². The Hall–Kier alpha value is -0.610. The molecule has 0 rings (SSSR count). The van der Waals surface area contributed by atoms with Crippen molar-refractivity contribution in [2.45, 2.75) is 53.1 Å². The van der Waals surface area contributed by atoms with E-state index in [2.05, 4.69) is 44.8 Å². The van der Waals surface area contributed by atoms with Gasteiger partial charge in [0.15, 0.2) is 0 Å². The Balaban J connectivity index is 4.39. The van der Waals surface area contributed by atoms with E-state index >= 15 is 0 Å². The zero-order valence-electron chi connectivity index (χ0n) is 12.0. The van der Waals surface area contributed by atoms with Crippen LogP contribution in [0.3, 0.4) is 0 Å². The van der Waals surface area contributed by atoms with Crippen LogP contribution in [0.15, 0.2) is 0 Å². The Morgan fingerprint density at radius 2 is 1.82 bits per heavy atom. The van der Waals surface area contributed by atoms with E-state index in [1.807, 2.05) is 0 Å². The van der Waals surface area contributed by atoms with Crippen LogP contribution in [0.4, 0.5) is 0 Å². The molecule has 0 aromatic rings. The summed E-state index contributed by atoms with van der Waals surface area (Å²) in [7, 11) is 0. The molecule has 0 saturated carbocycles. The lowest BCUT2D eigenvalue weighted by Gasteiger charge is -2.31. The first-order valence-corrected chi connectivity index (χ1v) is 6.65. The van der Waals surface area contributed by atoms with Gasteiger partial charge in [0, 0.05) is 19.1 Å². The number of nitrogens with two attached hydrogens (primary N) is 1. The molecule has 0 aliphatic rings. The molecule has 0 aromatic heterocycles. The number of nitrogens with zero attached hydrogens (tertiary/aromatic N) is 1. The molecule has 102 valence electrons. The van der Waals surface area contributed by atoms with Crippen molar-refractivity contribution in [3.63, 3.8) is 0 Å². The van der Waals surface area contributed by atoms with E-state index in [-0.39, 0.29) is 11.9 Å². The van der Waals surface area contributed by atoms with Gasteiger partial charge in [-0.05, 0) is 32.7 Å². The highest BCUT2D eigenvalue weighted by Gasteiger charge is 2.20. The van der Waals surface area contributed by atoms with Crippen molar-refractivity contribution in [1.29, 1.82) is 0 Å². The Bertz CT molecular complexity index is 217. The van der Waals surface area contributed by atoms with Crippen molar-refractivity contribution in [3.05, 3.63) is 0 Å². The SMILES string of the molecule is CCCNC(CN(CC(C)C)C(C)C)C(N)=O. The maximum atomic E-state index is 11.4. The number of hydrogen-bond donors (Lipinski definition) is 2. The number of rotatable bonds is 9. The molecule has 3 N–H and O–H groups in total. The average molecular weight is 243 g/mol. The highest BCUT2D eigenvalue weighted by molar-refractivity contribution is 5.80. The minimum atomic E-state index is -0.257. The number of nitrogens with one attached hydrogen (secondary N) is 1. The molecule has 4 nitrogen and oxygen atoms in total. The van der Waals surface area contributed by atoms with E-state index in [1.54, 1.807) is 0 Å². The Morgan fingerprint density at radius 1 is 1.24 bits per heavy atom. The number of hydrogen-bond acceptors (Lipinski definition) is 3. The lowest BCUT2D eigenvalue weighted by atomic mass is 10.1. The average Bonchev–Trinajstić information content (AvgIpc) is 2.21. The van der Waals surface area contributed by atoms with Crippen LogP contribution in [0.2, 0.25) is 0 Å². The van der Waals surface area contributed by atoms with E-state index in [1.165, 1.54) is 0 Å².